The van der Waals surface area contributed by atoms with Gasteiger partial charge in [0.05, 0.1) is 16.7 Å². The lowest BCUT2D eigenvalue weighted by atomic mass is 9.96. The fourth-order valence-corrected chi connectivity index (χ4v) is 8.45. The van der Waals surface area contributed by atoms with Crippen LogP contribution in [0, 0.1) is 0 Å². The first-order valence-corrected chi connectivity index (χ1v) is 16.8. The highest BCUT2D eigenvalue weighted by Gasteiger charge is 2.27. The highest BCUT2D eigenvalue weighted by atomic mass is 32.2. The quantitative estimate of drug-likeness (QED) is 0.191. The molecule has 0 fully saturated rings. The van der Waals surface area contributed by atoms with E-state index in [1.165, 1.54) is 87.4 Å². The zero-order valence-corrected chi connectivity index (χ0v) is 26.3. The summed E-state index contributed by atoms with van der Waals surface area (Å²) in [6.45, 7) is 0. The van der Waals surface area contributed by atoms with Crippen LogP contribution < -0.4 is 0 Å². The molecular weight excluding hydrogens is 589 g/mol. The first-order chi connectivity index (χ1) is 23.3. The number of aromatic nitrogens is 2. The normalized spacial score (nSPS) is 12.2. The zero-order chi connectivity index (χ0) is 30.9. The minimum Gasteiger partial charge on any atom is -0.295 e. The molecule has 0 saturated heterocycles. The van der Waals surface area contributed by atoms with Gasteiger partial charge in [-0.2, -0.15) is 0 Å². The summed E-state index contributed by atoms with van der Waals surface area (Å²) >= 11 is 1.87. The molecule has 47 heavy (non-hydrogen) atoms. The molecule has 0 spiro atoms. The molecule has 2 aromatic heterocycles. The van der Waals surface area contributed by atoms with Crippen molar-refractivity contribution in [1.82, 2.24) is 9.13 Å². The molecule has 0 radical (unpaired) electrons. The molecule has 3 heteroatoms. The van der Waals surface area contributed by atoms with Gasteiger partial charge in [0.25, 0.3) is 0 Å². The zero-order valence-electron chi connectivity index (χ0n) is 25.5. The summed E-state index contributed by atoms with van der Waals surface area (Å²) < 4.78 is 4.95. The number of rotatable bonds is 4. The molecule has 0 saturated carbocycles. The van der Waals surface area contributed by atoms with Gasteiger partial charge in [-0.1, -0.05) is 133 Å². The molecule has 3 heterocycles. The van der Waals surface area contributed by atoms with Crippen LogP contribution in [0.2, 0.25) is 0 Å². The number of hydrogen-bond donors (Lipinski definition) is 0. The van der Waals surface area contributed by atoms with Crippen molar-refractivity contribution in [3.8, 4) is 44.8 Å². The monoisotopic (exact) mass is 616 g/mol. The lowest BCUT2D eigenvalue weighted by Crippen LogP contribution is -2.05. The maximum absolute atomic E-state index is 2.50. The molecule has 0 aliphatic carbocycles. The Balaban J connectivity index is 1.17. The molecule has 1 aliphatic rings. The van der Waals surface area contributed by atoms with Crippen LogP contribution >= 0.6 is 11.8 Å². The van der Waals surface area contributed by atoms with E-state index >= 15 is 0 Å². The minimum absolute atomic E-state index is 1.17. The number of benzene rings is 7. The van der Waals surface area contributed by atoms with Crippen LogP contribution in [0.5, 0.6) is 0 Å². The molecule has 1 aliphatic heterocycles. The van der Waals surface area contributed by atoms with Gasteiger partial charge >= 0.3 is 0 Å². The first-order valence-electron chi connectivity index (χ1n) is 16.0. The molecular formula is C44H28N2S. The predicted molar refractivity (Wildman–Crippen MR) is 198 cm³/mol. The molecule has 220 valence electrons. The summed E-state index contributed by atoms with van der Waals surface area (Å²) in [5.74, 6) is 0. The third kappa shape index (κ3) is 4.07. The van der Waals surface area contributed by atoms with Crippen LogP contribution in [0.15, 0.2) is 180 Å². The molecule has 0 bridgehead atoms. The van der Waals surface area contributed by atoms with Crippen LogP contribution in [-0.4, -0.2) is 9.13 Å². The van der Waals surface area contributed by atoms with Gasteiger partial charge in [-0.05, 0) is 81.9 Å². The van der Waals surface area contributed by atoms with Crippen LogP contribution in [0.3, 0.4) is 0 Å². The summed E-state index contributed by atoms with van der Waals surface area (Å²) in [7, 11) is 0. The lowest BCUT2D eigenvalue weighted by molar-refractivity contribution is 1.03. The average molecular weight is 617 g/mol. The fraction of sp³-hybridized carbons (Fsp3) is 0. The van der Waals surface area contributed by atoms with E-state index in [4.69, 9.17) is 0 Å². The summed E-state index contributed by atoms with van der Waals surface area (Å²) in [5.41, 5.74) is 13.5. The van der Waals surface area contributed by atoms with Crippen molar-refractivity contribution < 1.29 is 0 Å². The molecule has 7 aromatic carbocycles. The van der Waals surface area contributed by atoms with Crippen molar-refractivity contribution >= 4 is 44.6 Å². The van der Waals surface area contributed by atoms with Gasteiger partial charge < -0.3 is 0 Å². The maximum Gasteiger partial charge on any atom is 0.131 e. The lowest BCUT2D eigenvalue weighted by Gasteiger charge is -2.21. The van der Waals surface area contributed by atoms with E-state index in [0.29, 0.717) is 0 Å². The van der Waals surface area contributed by atoms with E-state index in [0.717, 1.165) is 0 Å². The third-order valence-electron chi connectivity index (χ3n) is 9.51. The standard InChI is InChI=1S/C44H28N2S/c1-3-11-29(12-4-1)32-13-9-14-33(27-32)30-21-23-31(24-22-30)34-25-26-38-37(28-34)42-36-17-10-20-41-43(36)46(39-18-7-8-19-40(39)47-41)44(42)45(38)35-15-5-2-6-16-35/h1-28H. The van der Waals surface area contributed by atoms with E-state index in [1.54, 1.807) is 0 Å². The van der Waals surface area contributed by atoms with Gasteiger partial charge in [0.15, 0.2) is 0 Å². The SMILES string of the molecule is c1ccc(-c2cccc(-c3ccc(-c4ccc5c(c4)c4c6cccc7c6n(c4n5-c4ccccc4)-c4ccccc4S7)cc3)c2)cc1. The Labute approximate surface area is 277 Å². The Morgan fingerprint density at radius 1 is 0.383 bits per heavy atom. The van der Waals surface area contributed by atoms with Crippen molar-refractivity contribution in [2.24, 2.45) is 0 Å². The Kier molecular flexibility index (Phi) is 5.84. The molecule has 0 atom stereocenters. The number of hydrogen-bond acceptors (Lipinski definition) is 1. The van der Waals surface area contributed by atoms with Crippen molar-refractivity contribution in [1.29, 1.82) is 0 Å². The molecule has 9 aromatic rings. The van der Waals surface area contributed by atoms with Gasteiger partial charge in [-0.25, -0.2) is 0 Å². The highest BCUT2D eigenvalue weighted by Crippen LogP contribution is 2.49. The second kappa shape index (κ2) is 10.4. The van der Waals surface area contributed by atoms with Crippen LogP contribution in [0.1, 0.15) is 0 Å². The fourth-order valence-electron chi connectivity index (χ4n) is 7.36. The third-order valence-corrected chi connectivity index (χ3v) is 10.6. The van der Waals surface area contributed by atoms with E-state index < -0.39 is 0 Å². The topological polar surface area (TPSA) is 9.86 Å². The second-order valence-corrected chi connectivity index (χ2v) is 13.3. The van der Waals surface area contributed by atoms with Crippen molar-refractivity contribution in [2.75, 3.05) is 0 Å². The largest absolute Gasteiger partial charge is 0.295 e. The van der Waals surface area contributed by atoms with E-state index in [2.05, 4.69) is 179 Å². The summed E-state index contributed by atoms with van der Waals surface area (Å²) in [5, 5.41) is 3.87. The minimum atomic E-state index is 1.17. The summed E-state index contributed by atoms with van der Waals surface area (Å²) in [6.07, 6.45) is 0. The highest BCUT2D eigenvalue weighted by molar-refractivity contribution is 7.99. The van der Waals surface area contributed by atoms with E-state index in [9.17, 15) is 0 Å². The summed E-state index contributed by atoms with van der Waals surface area (Å²) in [4.78, 5) is 2.58. The Morgan fingerprint density at radius 2 is 0.957 bits per heavy atom. The second-order valence-electron chi connectivity index (χ2n) is 12.2. The molecule has 0 amide bonds. The van der Waals surface area contributed by atoms with Gasteiger partial charge in [0.2, 0.25) is 0 Å². The number of fused-ring (bicyclic) bond motifs is 7. The summed E-state index contributed by atoms with van der Waals surface area (Å²) in [6, 6.07) is 61.8. The Bertz CT molecular complexity index is 2630. The molecule has 2 nitrogen and oxygen atoms in total. The van der Waals surface area contributed by atoms with Crippen LogP contribution in [0.4, 0.5) is 0 Å². The molecule has 0 unspecified atom stereocenters. The van der Waals surface area contributed by atoms with Crippen molar-refractivity contribution in [3.05, 3.63) is 170 Å². The average Bonchev–Trinajstić information content (AvgIpc) is 3.66. The van der Waals surface area contributed by atoms with Crippen molar-refractivity contribution in [3.63, 3.8) is 0 Å². The smallest absolute Gasteiger partial charge is 0.131 e. The van der Waals surface area contributed by atoms with E-state index in [-0.39, 0.29) is 0 Å². The number of para-hydroxylation sites is 3. The van der Waals surface area contributed by atoms with Gasteiger partial charge in [0, 0.05) is 31.6 Å². The maximum atomic E-state index is 2.50. The Morgan fingerprint density at radius 3 is 1.72 bits per heavy atom. The van der Waals surface area contributed by atoms with Gasteiger partial charge in [-0.15, -0.1) is 0 Å². The molecule has 10 rings (SSSR count). The Hall–Kier alpha value is -5.77. The van der Waals surface area contributed by atoms with Crippen LogP contribution in [0.25, 0.3) is 77.6 Å². The first kappa shape index (κ1) is 26.4. The van der Waals surface area contributed by atoms with Crippen molar-refractivity contribution in [2.45, 2.75) is 9.79 Å². The van der Waals surface area contributed by atoms with Gasteiger partial charge in [0.1, 0.15) is 5.65 Å². The predicted octanol–water partition coefficient (Wildman–Crippen LogP) is 12.2. The van der Waals surface area contributed by atoms with Gasteiger partial charge in [-0.3, -0.25) is 9.13 Å². The number of nitrogens with zero attached hydrogens (tertiary/aromatic N) is 2. The van der Waals surface area contributed by atoms with E-state index in [1.807, 2.05) is 11.8 Å². The van der Waals surface area contributed by atoms with Crippen LogP contribution in [-0.2, 0) is 0 Å². The molecule has 0 N–H and O–H groups in total.